The molecule has 0 radical (unpaired) electrons. The first kappa shape index (κ1) is 19.6. The number of anilines is 1. The predicted octanol–water partition coefficient (Wildman–Crippen LogP) is 5.61. The molecular weight excluding hydrogens is 422 g/mol. The van der Waals surface area contributed by atoms with Crippen LogP contribution in [-0.4, -0.2) is 20.9 Å². The Morgan fingerprint density at radius 1 is 1.13 bits per heavy atom. The lowest BCUT2D eigenvalue weighted by Crippen LogP contribution is -2.36. The Labute approximate surface area is 181 Å². The fourth-order valence-electron chi connectivity index (χ4n) is 4.02. The number of aromatic amines is 1. The average molecular weight is 439 g/mol. The minimum atomic E-state index is -0.706. The molecule has 1 amide bonds. The lowest BCUT2D eigenvalue weighted by molar-refractivity contribution is 0.102. The summed E-state index contributed by atoms with van der Waals surface area (Å²) < 4.78 is 27.8. The summed E-state index contributed by atoms with van der Waals surface area (Å²) in [6.07, 6.45) is 4.14. The second kappa shape index (κ2) is 7.42. The fourth-order valence-corrected chi connectivity index (χ4v) is 4.24. The van der Waals surface area contributed by atoms with Gasteiger partial charge >= 0.3 is 0 Å². The third kappa shape index (κ3) is 3.35. The van der Waals surface area contributed by atoms with Crippen molar-refractivity contribution in [1.29, 1.82) is 0 Å². The van der Waals surface area contributed by atoms with E-state index >= 15 is 0 Å². The molecule has 31 heavy (non-hydrogen) atoms. The summed E-state index contributed by atoms with van der Waals surface area (Å²) >= 11 is 6.44. The van der Waals surface area contributed by atoms with E-state index in [9.17, 15) is 13.6 Å². The second-order valence-corrected chi connectivity index (χ2v) is 8.09. The fraction of sp³-hybridized carbons (Fsp3) is 0.174. The molecule has 2 aromatic carbocycles. The molecule has 5 rings (SSSR count). The largest absolute Gasteiger partial charge is 0.341 e. The molecule has 0 aliphatic heterocycles. The Morgan fingerprint density at radius 2 is 1.90 bits per heavy atom. The number of rotatable bonds is 4. The number of pyridine rings is 1. The number of hydrogen-bond acceptors (Lipinski definition) is 3. The van der Waals surface area contributed by atoms with Gasteiger partial charge in [-0.2, -0.15) is 0 Å². The number of fused-ring (bicyclic) bond motifs is 1. The van der Waals surface area contributed by atoms with Crippen molar-refractivity contribution in [2.45, 2.75) is 24.7 Å². The summed E-state index contributed by atoms with van der Waals surface area (Å²) in [5.74, 6) is -0.868. The topological polar surface area (TPSA) is 70.7 Å². The third-order valence-electron chi connectivity index (χ3n) is 5.83. The number of benzene rings is 2. The summed E-state index contributed by atoms with van der Waals surface area (Å²) in [5.41, 5.74) is 1.21. The van der Waals surface area contributed by atoms with Gasteiger partial charge in [-0.15, -0.1) is 0 Å². The Hall–Kier alpha value is -3.32. The number of hydrogen-bond donors (Lipinski definition) is 2. The van der Waals surface area contributed by atoms with E-state index in [1.807, 2.05) is 6.07 Å². The highest BCUT2D eigenvalue weighted by atomic mass is 35.5. The molecule has 2 heterocycles. The SMILES string of the molecule is O=C(Nc1ncc(C2(c3nc4c(F)cc(F)cc4[nH]3)CCC2)cc1Cl)c1ccccc1. The maximum absolute atomic E-state index is 14.2. The van der Waals surface area contributed by atoms with Gasteiger partial charge in [0.25, 0.3) is 5.91 Å². The van der Waals surface area contributed by atoms with Crippen LogP contribution in [0.4, 0.5) is 14.6 Å². The third-order valence-corrected chi connectivity index (χ3v) is 6.12. The standard InChI is InChI=1S/C23H17ClF2N4O/c24-16-9-14(12-27-20(16)30-21(31)13-5-2-1-3-6-13)23(7-4-8-23)22-28-18-11-15(25)10-17(26)19(18)29-22/h1-3,5-6,9-12H,4,7-8H2,(H,28,29)(H,27,30,31). The van der Waals surface area contributed by atoms with E-state index in [-0.39, 0.29) is 17.2 Å². The highest BCUT2D eigenvalue weighted by Crippen LogP contribution is 2.49. The van der Waals surface area contributed by atoms with Crippen molar-refractivity contribution in [2.75, 3.05) is 5.32 Å². The maximum atomic E-state index is 14.2. The van der Waals surface area contributed by atoms with E-state index in [2.05, 4.69) is 20.3 Å². The minimum absolute atomic E-state index is 0.105. The highest BCUT2D eigenvalue weighted by Gasteiger charge is 2.44. The van der Waals surface area contributed by atoms with Gasteiger partial charge in [0, 0.05) is 17.8 Å². The molecule has 8 heteroatoms. The van der Waals surface area contributed by atoms with E-state index in [1.165, 1.54) is 6.07 Å². The van der Waals surface area contributed by atoms with Crippen LogP contribution in [0, 0.1) is 11.6 Å². The van der Waals surface area contributed by atoms with Crippen LogP contribution < -0.4 is 5.32 Å². The van der Waals surface area contributed by atoms with E-state index in [0.717, 1.165) is 30.9 Å². The lowest BCUT2D eigenvalue weighted by Gasteiger charge is -2.40. The Kier molecular flexibility index (Phi) is 4.70. The normalized spacial score (nSPS) is 14.9. The Morgan fingerprint density at radius 3 is 2.58 bits per heavy atom. The summed E-state index contributed by atoms with van der Waals surface area (Å²) in [6, 6.07) is 12.6. The van der Waals surface area contributed by atoms with E-state index < -0.39 is 17.0 Å². The van der Waals surface area contributed by atoms with Crippen LogP contribution in [0.1, 0.15) is 41.0 Å². The number of amides is 1. The van der Waals surface area contributed by atoms with Gasteiger partial charge in [0.2, 0.25) is 0 Å². The zero-order valence-corrected chi connectivity index (χ0v) is 17.0. The molecule has 1 fully saturated rings. The number of carbonyl (C=O) groups is 1. The van der Waals surface area contributed by atoms with E-state index in [1.54, 1.807) is 36.5 Å². The molecule has 0 saturated heterocycles. The van der Waals surface area contributed by atoms with Gasteiger partial charge in [-0.1, -0.05) is 36.2 Å². The molecule has 0 bridgehead atoms. The predicted molar refractivity (Wildman–Crippen MR) is 114 cm³/mol. The lowest BCUT2D eigenvalue weighted by atomic mass is 9.64. The van der Waals surface area contributed by atoms with Gasteiger partial charge < -0.3 is 10.3 Å². The summed E-state index contributed by atoms with van der Waals surface area (Å²) in [5, 5.41) is 3.01. The van der Waals surface area contributed by atoms with Crippen LogP contribution >= 0.6 is 11.6 Å². The van der Waals surface area contributed by atoms with Gasteiger partial charge in [0.15, 0.2) is 11.6 Å². The minimum Gasteiger partial charge on any atom is -0.341 e. The molecule has 156 valence electrons. The molecular formula is C23H17ClF2N4O. The van der Waals surface area contributed by atoms with Gasteiger partial charge in [0.1, 0.15) is 17.2 Å². The number of aromatic nitrogens is 3. The number of carbonyl (C=O) groups excluding carboxylic acids is 1. The summed E-state index contributed by atoms with van der Waals surface area (Å²) in [6.45, 7) is 0. The molecule has 2 N–H and O–H groups in total. The van der Waals surface area contributed by atoms with Crippen molar-refractivity contribution in [3.05, 3.63) is 88.3 Å². The smallest absolute Gasteiger partial charge is 0.256 e. The number of imidazole rings is 1. The van der Waals surface area contributed by atoms with Gasteiger partial charge in [-0.05, 0) is 42.7 Å². The van der Waals surface area contributed by atoms with Crippen LogP contribution in [0.2, 0.25) is 5.02 Å². The number of nitrogens with one attached hydrogen (secondary N) is 2. The van der Waals surface area contributed by atoms with Crippen molar-refractivity contribution in [3.63, 3.8) is 0 Å². The number of H-pyrrole nitrogens is 1. The Bertz CT molecular complexity index is 1300. The molecule has 2 aromatic heterocycles. The molecule has 0 atom stereocenters. The van der Waals surface area contributed by atoms with E-state index in [0.29, 0.717) is 21.9 Å². The molecule has 4 aromatic rings. The second-order valence-electron chi connectivity index (χ2n) is 7.68. The average Bonchev–Trinajstić information content (AvgIpc) is 3.14. The maximum Gasteiger partial charge on any atom is 0.256 e. The van der Waals surface area contributed by atoms with Crippen LogP contribution in [0.3, 0.4) is 0 Å². The quantitative estimate of drug-likeness (QED) is 0.435. The highest BCUT2D eigenvalue weighted by molar-refractivity contribution is 6.33. The molecule has 0 spiro atoms. The first-order valence-electron chi connectivity index (χ1n) is 9.84. The van der Waals surface area contributed by atoms with Crippen molar-refractivity contribution in [1.82, 2.24) is 15.0 Å². The zero-order chi connectivity index (χ0) is 21.6. The zero-order valence-electron chi connectivity index (χ0n) is 16.3. The molecule has 5 nitrogen and oxygen atoms in total. The first-order valence-corrected chi connectivity index (χ1v) is 10.2. The number of halogens is 3. The van der Waals surface area contributed by atoms with Crippen molar-refractivity contribution in [3.8, 4) is 0 Å². The number of nitrogens with zero attached hydrogens (tertiary/aromatic N) is 2. The molecule has 1 saturated carbocycles. The first-order chi connectivity index (χ1) is 15.0. The van der Waals surface area contributed by atoms with Crippen LogP contribution in [-0.2, 0) is 5.41 Å². The summed E-state index contributed by atoms with van der Waals surface area (Å²) in [4.78, 5) is 24.3. The van der Waals surface area contributed by atoms with Crippen LogP contribution in [0.25, 0.3) is 11.0 Å². The molecule has 1 aliphatic carbocycles. The monoisotopic (exact) mass is 438 g/mol. The Balaban J connectivity index is 1.48. The van der Waals surface area contributed by atoms with Gasteiger partial charge in [-0.3, -0.25) is 4.79 Å². The van der Waals surface area contributed by atoms with Crippen molar-refractivity contribution >= 4 is 34.4 Å². The summed E-state index contributed by atoms with van der Waals surface area (Å²) in [7, 11) is 0. The van der Waals surface area contributed by atoms with Crippen LogP contribution in [0.15, 0.2) is 54.7 Å². The van der Waals surface area contributed by atoms with Crippen molar-refractivity contribution in [2.24, 2.45) is 0 Å². The van der Waals surface area contributed by atoms with E-state index in [4.69, 9.17) is 11.6 Å². The molecule has 0 unspecified atom stereocenters. The van der Waals surface area contributed by atoms with Gasteiger partial charge in [-0.25, -0.2) is 18.7 Å². The molecule has 1 aliphatic rings. The van der Waals surface area contributed by atoms with Gasteiger partial charge in [0.05, 0.1) is 16.0 Å². The van der Waals surface area contributed by atoms with Crippen molar-refractivity contribution < 1.29 is 13.6 Å². The van der Waals surface area contributed by atoms with Crippen LogP contribution in [0.5, 0.6) is 0 Å².